The molecule has 0 unspecified atom stereocenters. The van der Waals surface area contributed by atoms with Crippen molar-refractivity contribution in [2.45, 2.75) is 39.2 Å². The lowest BCUT2D eigenvalue weighted by Crippen LogP contribution is -2.29. The molecule has 0 aromatic heterocycles. The van der Waals surface area contributed by atoms with Crippen molar-refractivity contribution in [1.82, 2.24) is 0 Å². The number of carbonyl (C=O) groups excluding carboxylic acids is 2. The highest BCUT2D eigenvalue weighted by Crippen LogP contribution is 2.15. The fourth-order valence-electron chi connectivity index (χ4n) is 1.57. The molecule has 0 aliphatic carbocycles. The van der Waals surface area contributed by atoms with E-state index in [2.05, 4.69) is 4.74 Å². The summed E-state index contributed by atoms with van der Waals surface area (Å²) in [5.41, 5.74) is 11.3. The maximum atomic E-state index is 11.3. The van der Waals surface area contributed by atoms with E-state index in [0.29, 0.717) is 13.0 Å². The molecule has 0 aromatic rings. The molecule has 1 atom stereocenters. The standard InChI is InChI=1S/C9H10O4.C6H14N2O2/c1-5(2)3-7(10)6-4-13-9(12)8(6)11;7-4-2-1-3-5(8)6(9)10/h3,11H,4H2,1-2H3;5H,1-4,7-8H2,(H,9,10)/t;5-/m.0/s1. The van der Waals surface area contributed by atoms with E-state index in [4.69, 9.17) is 21.7 Å². The summed E-state index contributed by atoms with van der Waals surface area (Å²) in [6.45, 7) is 3.99. The van der Waals surface area contributed by atoms with Crippen molar-refractivity contribution in [3.63, 3.8) is 0 Å². The first-order chi connectivity index (χ1) is 10.7. The number of allylic oxidation sites excluding steroid dienone is 2. The number of esters is 1. The Labute approximate surface area is 134 Å². The van der Waals surface area contributed by atoms with Crippen molar-refractivity contribution in [3.05, 3.63) is 23.0 Å². The highest BCUT2D eigenvalue weighted by atomic mass is 16.6. The van der Waals surface area contributed by atoms with E-state index in [9.17, 15) is 14.4 Å². The number of hydrogen-bond acceptors (Lipinski definition) is 7. The smallest absolute Gasteiger partial charge is 0.374 e. The van der Waals surface area contributed by atoms with Crippen LogP contribution in [0.15, 0.2) is 23.0 Å². The normalized spacial score (nSPS) is 14.5. The number of cyclic esters (lactones) is 1. The van der Waals surface area contributed by atoms with Crippen molar-refractivity contribution in [2.75, 3.05) is 13.2 Å². The molecule has 0 fully saturated rings. The van der Waals surface area contributed by atoms with E-state index in [1.165, 1.54) is 6.08 Å². The second-order valence-corrected chi connectivity index (χ2v) is 5.22. The number of ketones is 1. The van der Waals surface area contributed by atoms with Gasteiger partial charge in [0.1, 0.15) is 12.6 Å². The van der Waals surface area contributed by atoms with E-state index in [1.807, 2.05) is 0 Å². The predicted molar refractivity (Wildman–Crippen MR) is 83.6 cm³/mol. The van der Waals surface area contributed by atoms with Crippen LogP contribution in [0.25, 0.3) is 0 Å². The third-order valence-electron chi connectivity index (χ3n) is 2.83. The third-order valence-corrected chi connectivity index (χ3v) is 2.83. The van der Waals surface area contributed by atoms with Crippen molar-refractivity contribution in [3.8, 4) is 0 Å². The van der Waals surface area contributed by atoms with Gasteiger partial charge in [-0.3, -0.25) is 9.59 Å². The van der Waals surface area contributed by atoms with Crippen molar-refractivity contribution in [1.29, 1.82) is 0 Å². The minimum absolute atomic E-state index is 0.0335. The van der Waals surface area contributed by atoms with Crippen LogP contribution < -0.4 is 11.5 Å². The summed E-state index contributed by atoms with van der Waals surface area (Å²) in [6, 6.07) is -0.716. The van der Waals surface area contributed by atoms with Crippen molar-refractivity contribution < 1.29 is 29.3 Å². The molecule has 0 bridgehead atoms. The number of aliphatic hydroxyl groups excluding tert-OH is 1. The van der Waals surface area contributed by atoms with E-state index in [0.717, 1.165) is 18.4 Å². The summed E-state index contributed by atoms with van der Waals surface area (Å²) < 4.78 is 4.47. The molecule has 0 saturated heterocycles. The van der Waals surface area contributed by atoms with Crippen molar-refractivity contribution in [2.24, 2.45) is 11.5 Å². The SMILES string of the molecule is CC(C)=CC(=O)C1=C(O)C(=O)OC1.NCCCC[C@H](N)C(=O)O. The summed E-state index contributed by atoms with van der Waals surface area (Å²) in [5.74, 6) is -2.70. The first-order valence-corrected chi connectivity index (χ1v) is 7.17. The van der Waals surface area contributed by atoms with Crippen LogP contribution in [0.5, 0.6) is 0 Å². The fourth-order valence-corrected chi connectivity index (χ4v) is 1.57. The molecule has 0 amide bonds. The zero-order valence-electron chi connectivity index (χ0n) is 13.4. The van der Waals surface area contributed by atoms with Crippen LogP contribution in [0.2, 0.25) is 0 Å². The minimum Gasteiger partial charge on any atom is -0.501 e. The zero-order valence-corrected chi connectivity index (χ0v) is 13.4. The predicted octanol–water partition coefficient (Wildman–Crippen LogP) is 0.418. The highest BCUT2D eigenvalue weighted by molar-refractivity contribution is 6.10. The van der Waals surface area contributed by atoms with Crippen LogP contribution in [-0.2, 0) is 19.1 Å². The lowest BCUT2D eigenvalue weighted by atomic mass is 10.1. The van der Waals surface area contributed by atoms with Crippen LogP contribution >= 0.6 is 0 Å². The molecule has 1 aliphatic heterocycles. The number of carboxylic acids is 1. The Morgan fingerprint density at radius 3 is 2.35 bits per heavy atom. The van der Waals surface area contributed by atoms with Gasteiger partial charge in [0, 0.05) is 0 Å². The monoisotopic (exact) mass is 328 g/mol. The number of carboxylic acid groups (broad SMARTS) is 1. The first-order valence-electron chi connectivity index (χ1n) is 7.17. The highest BCUT2D eigenvalue weighted by Gasteiger charge is 2.27. The fraction of sp³-hybridized carbons (Fsp3) is 0.533. The number of nitrogens with two attached hydrogens (primary N) is 2. The van der Waals surface area contributed by atoms with Gasteiger partial charge in [-0.05, 0) is 39.3 Å². The Hall–Kier alpha value is -2.19. The van der Waals surface area contributed by atoms with Gasteiger partial charge in [0.2, 0.25) is 5.76 Å². The van der Waals surface area contributed by atoms with E-state index < -0.39 is 23.7 Å². The molecule has 1 aliphatic rings. The summed E-state index contributed by atoms with van der Waals surface area (Å²) in [5, 5.41) is 17.4. The maximum absolute atomic E-state index is 11.3. The largest absolute Gasteiger partial charge is 0.501 e. The minimum atomic E-state index is -0.933. The van der Waals surface area contributed by atoms with Gasteiger partial charge in [0.25, 0.3) is 0 Å². The molecule has 1 heterocycles. The van der Waals surface area contributed by atoms with Crippen LogP contribution in [0, 0.1) is 0 Å². The Kier molecular flexibility index (Phi) is 9.52. The van der Waals surface area contributed by atoms with Gasteiger partial charge in [-0.15, -0.1) is 0 Å². The molecule has 0 spiro atoms. The summed E-state index contributed by atoms with van der Waals surface area (Å²) >= 11 is 0. The van der Waals surface area contributed by atoms with E-state index in [1.54, 1.807) is 13.8 Å². The molecule has 1 rings (SSSR count). The molecule has 0 radical (unpaired) electrons. The number of ether oxygens (including phenoxy) is 1. The summed E-state index contributed by atoms with van der Waals surface area (Å²) in [4.78, 5) is 32.1. The lowest BCUT2D eigenvalue weighted by molar-refractivity contribution is -0.139. The molecule has 6 N–H and O–H groups in total. The van der Waals surface area contributed by atoms with Gasteiger partial charge in [-0.25, -0.2) is 4.79 Å². The van der Waals surface area contributed by atoms with Gasteiger partial charge in [-0.1, -0.05) is 12.0 Å². The first kappa shape index (κ1) is 20.8. The zero-order chi connectivity index (χ0) is 18.0. The van der Waals surface area contributed by atoms with Gasteiger partial charge < -0.3 is 26.4 Å². The quantitative estimate of drug-likeness (QED) is 0.298. The van der Waals surface area contributed by atoms with Gasteiger partial charge in [-0.2, -0.15) is 0 Å². The van der Waals surface area contributed by atoms with Crippen LogP contribution in [0.4, 0.5) is 0 Å². The third kappa shape index (κ3) is 8.12. The maximum Gasteiger partial charge on any atom is 0.374 e. The lowest BCUT2D eigenvalue weighted by Gasteiger charge is -2.03. The van der Waals surface area contributed by atoms with Gasteiger partial charge >= 0.3 is 11.9 Å². The topological polar surface area (TPSA) is 153 Å². The average Bonchev–Trinajstić information content (AvgIpc) is 2.79. The van der Waals surface area contributed by atoms with E-state index >= 15 is 0 Å². The Bertz CT molecular complexity index is 506. The van der Waals surface area contributed by atoms with Crippen LogP contribution in [-0.4, -0.2) is 47.1 Å². The second kappa shape index (κ2) is 10.5. The van der Waals surface area contributed by atoms with Crippen LogP contribution in [0.1, 0.15) is 33.1 Å². The number of aliphatic carboxylic acids is 1. The van der Waals surface area contributed by atoms with E-state index in [-0.39, 0.29) is 18.0 Å². The van der Waals surface area contributed by atoms with Gasteiger partial charge in [0.05, 0.1) is 5.57 Å². The molecule has 130 valence electrons. The number of carbonyl (C=O) groups is 3. The molecule has 23 heavy (non-hydrogen) atoms. The second-order valence-electron chi connectivity index (χ2n) is 5.22. The summed E-state index contributed by atoms with van der Waals surface area (Å²) in [6.07, 6.45) is 3.52. The molecule has 0 saturated carbocycles. The Morgan fingerprint density at radius 1 is 1.35 bits per heavy atom. The van der Waals surface area contributed by atoms with Crippen LogP contribution in [0.3, 0.4) is 0 Å². The molecular weight excluding hydrogens is 304 g/mol. The Balaban J connectivity index is 0.000000438. The molecular formula is C15H24N2O6. The number of unbranched alkanes of at least 4 members (excludes halogenated alkanes) is 1. The van der Waals surface area contributed by atoms with Gasteiger partial charge in [0.15, 0.2) is 5.78 Å². The molecule has 8 heteroatoms. The number of rotatable bonds is 7. The number of aliphatic hydroxyl groups is 1. The Morgan fingerprint density at radius 2 is 1.96 bits per heavy atom. The van der Waals surface area contributed by atoms with Crippen molar-refractivity contribution >= 4 is 17.7 Å². The number of hydrogen-bond donors (Lipinski definition) is 4. The average molecular weight is 328 g/mol. The summed E-state index contributed by atoms with van der Waals surface area (Å²) in [7, 11) is 0. The molecule has 8 nitrogen and oxygen atoms in total. The molecule has 0 aromatic carbocycles.